The van der Waals surface area contributed by atoms with Crippen molar-refractivity contribution in [1.29, 1.82) is 0 Å². The zero-order valence-corrected chi connectivity index (χ0v) is 17.3. The molecule has 9 heteroatoms. The average Bonchev–Trinajstić information content (AvgIpc) is 2.66. The first kappa shape index (κ1) is 22.1. The van der Waals surface area contributed by atoms with E-state index in [1.807, 2.05) is 0 Å². The molecule has 1 N–H and O–H groups in total. The summed E-state index contributed by atoms with van der Waals surface area (Å²) in [6, 6.07) is 2.84. The van der Waals surface area contributed by atoms with E-state index in [0.29, 0.717) is 44.8 Å². The minimum absolute atomic E-state index is 0.0703. The van der Waals surface area contributed by atoms with E-state index in [4.69, 9.17) is 0 Å². The van der Waals surface area contributed by atoms with Gasteiger partial charge in [0.15, 0.2) is 0 Å². The van der Waals surface area contributed by atoms with Gasteiger partial charge in [0.25, 0.3) is 0 Å². The van der Waals surface area contributed by atoms with E-state index in [-0.39, 0.29) is 30.1 Å². The second kappa shape index (κ2) is 8.67. The summed E-state index contributed by atoms with van der Waals surface area (Å²) in [6.45, 7) is 10.4. The van der Waals surface area contributed by atoms with Crippen LogP contribution >= 0.6 is 0 Å². The number of carbonyl (C=O) groups is 2. The number of nitrogens with zero attached hydrogens (tertiary/aromatic N) is 3. The number of halogens is 3. The Morgan fingerprint density at radius 3 is 2.27 bits per heavy atom. The van der Waals surface area contributed by atoms with Crippen molar-refractivity contribution in [2.75, 3.05) is 51.1 Å². The van der Waals surface area contributed by atoms with Crippen LogP contribution in [-0.4, -0.2) is 78.4 Å². The standard InChI is InChI=1S/C21H27F3N4O2/c1-4-19(29)28-12-16(13-28)26-5-7-27(8-6-26)20(30)11-25-18-10-15(3)14(2)9-17(18)21(22,23)24/h4,9-10,16,25H,1,5-8,11-13H2,2-3H3. The number of likely N-dealkylation sites (tertiary alicyclic amines) is 1. The number of nitrogens with one attached hydrogen (secondary N) is 1. The fourth-order valence-electron chi connectivity index (χ4n) is 3.81. The van der Waals surface area contributed by atoms with Gasteiger partial charge in [0, 0.05) is 51.0 Å². The van der Waals surface area contributed by atoms with Crippen LogP contribution in [0, 0.1) is 13.8 Å². The summed E-state index contributed by atoms with van der Waals surface area (Å²) in [5, 5.41) is 2.69. The number of hydrogen-bond donors (Lipinski definition) is 1. The SMILES string of the molecule is C=CC(=O)N1CC(N2CCN(C(=O)CNc3cc(C)c(C)cc3C(F)(F)F)CC2)C1. The number of rotatable bonds is 5. The molecule has 2 aliphatic rings. The minimum atomic E-state index is -4.49. The zero-order valence-electron chi connectivity index (χ0n) is 17.3. The van der Waals surface area contributed by atoms with Crippen LogP contribution in [0.2, 0.25) is 0 Å². The number of alkyl halides is 3. The summed E-state index contributed by atoms with van der Waals surface area (Å²) >= 11 is 0. The summed E-state index contributed by atoms with van der Waals surface area (Å²) in [7, 11) is 0. The second-order valence-electron chi connectivity index (χ2n) is 7.85. The predicted octanol–water partition coefficient (Wildman–Crippen LogP) is 2.28. The van der Waals surface area contributed by atoms with Crippen LogP contribution < -0.4 is 5.32 Å². The van der Waals surface area contributed by atoms with E-state index in [1.165, 1.54) is 12.1 Å². The highest BCUT2D eigenvalue weighted by Crippen LogP contribution is 2.36. The van der Waals surface area contributed by atoms with Gasteiger partial charge in [0.2, 0.25) is 11.8 Å². The molecule has 0 aromatic heterocycles. The molecule has 6 nitrogen and oxygen atoms in total. The maximum Gasteiger partial charge on any atom is 0.418 e. The van der Waals surface area contributed by atoms with E-state index in [9.17, 15) is 22.8 Å². The van der Waals surface area contributed by atoms with Crippen LogP contribution in [0.4, 0.5) is 18.9 Å². The lowest BCUT2D eigenvalue weighted by Crippen LogP contribution is -2.64. The highest BCUT2D eigenvalue weighted by atomic mass is 19.4. The topological polar surface area (TPSA) is 55.9 Å². The van der Waals surface area contributed by atoms with Gasteiger partial charge < -0.3 is 15.1 Å². The van der Waals surface area contributed by atoms with E-state index < -0.39 is 11.7 Å². The molecule has 0 aliphatic carbocycles. The van der Waals surface area contributed by atoms with Crippen LogP contribution in [0.25, 0.3) is 0 Å². The van der Waals surface area contributed by atoms with Crippen LogP contribution in [0.1, 0.15) is 16.7 Å². The smallest absolute Gasteiger partial charge is 0.376 e. The maximum absolute atomic E-state index is 13.3. The molecule has 0 spiro atoms. The molecular formula is C21H27F3N4O2. The maximum atomic E-state index is 13.3. The molecular weight excluding hydrogens is 397 g/mol. The summed E-state index contributed by atoms with van der Waals surface area (Å²) in [4.78, 5) is 29.7. The fourth-order valence-corrected chi connectivity index (χ4v) is 3.81. The number of aryl methyl sites for hydroxylation is 2. The van der Waals surface area contributed by atoms with Crippen LogP contribution in [0.15, 0.2) is 24.8 Å². The lowest BCUT2D eigenvalue weighted by atomic mass is 10.0. The zero-order chi connectivity index (χ0) is 22.1. The van der Waals surface area contributed by atoms with Gasteiger partial charge >= 0.3 is 6.18 Å². The number of anilines is 1. The van der Waals surface area contributed by atoms with Crippen molar-refractivity contribution in [3.63, 3.8) is 0 Å². The monoisotopic (exact) mass is 424 g/mol. The highest BCUT2D eigenvalue weighted by Gasteiger charge is 2.36. The third-order valence-corrected chi connectivity index (χ3v) is 5.90. The van der Waals surface area contributed by atoms with E-state index in [1.54, 1.807) is 23.6 Å². The predicted molar refractivity (Wildman–Crippen MR) is 108 cm³/mol. The van der Waals surface area contributed by atoms with Crippen molar-refractivity contribution in [3.8, 4) is 0 Å². The molecule has 2 heterocycles. The van der Waals surface area contributed by atoms with Gasteiger partial charge in [-0.15, -0.1) is 0 Å². The van der Waals surface area contributed by atoms with Gasteiger partial charge in [-0.05, 0) is 43.2 Å². The van der Waals surface area contributed by atoms with Gasteiger partial charge in [-0.3, -0.25) is 14.5 Å². The van der Waals surface area contributed by atoms with Crippen molar-refractivity contribution in [1.82, 2.24) is 14.7 Å². The number of amides is 2. The Morgan fingerprint density at radius 2 is 1.70 bits per heavy atom. The Labute approximate surface area is 174 Å². The molecule has 0 atom stereocenters. The molecule has 0 unspecified atom stereocenters. The van der Waals surface area contributed by atoms with Gasteiger partial charge in [-0.25, -0.2) is 0 Å². The van der Waals surface area contributed by atoms with Crippen molar-refractivity contribution in [3.05, 3.63) is 41.5 Å². The third-order valence-electron chi connectivity index (χ3n) is 5.90. The Kier molecular flexibility index (Phi) is 6.40. The van der Waals surface area contributed by atoms with Gasteiger partial charge in [0.1, 0.15) is 0 Å². The largest absolute Gasteiger partial charge is 0.418 e. The highest BCUT2D eigenvalue weighted by molar-refractivity contribution is 5.87. The summed E-state index contributed by atoms with van der Waals surface area (Å²) < 4.78 is 40.0. The summed E-state index contributed by atoms with van der Waals surface area (Å²) in [6.07, 6.45) is -3.18. The van der Waals surface area contributed by atoms with E-state index in [2.05, 4.69) is 16.8 Å². The quantitative estimate of drug-likeness (QED) is 0.737. The van der Waals surface area contributed by atoms with Crippen molar-refractivity contribution in [2.24, 2.45) is 0 Å². The summed E-state index contributed by atoms with van der Waals surface area (Å²) in [5.41, 5.74) is 0.460. The summed E-state index contributed by atoms with van der Waals surface area (Å²) in [5.74, 6) is -0.297. The molecule has 0 bridgehead atoms. The van der Waals surface area contributed by atoms with Gasteiger partial charge in [0.05, 0.1) is 12.1 Å². The van der Waals surface area contributed by atoms with Crippen LogP contribution in [-0.2, 0) is 15.8 Å². The molecule has 30 heavy (non-hydrogen) atoms. The lowest BCUT2D eigenvalue weighted by Gasteiger charge is -2.47. The molecule has 164 valence electrons. The first-order chi connectivity index (χ1) is 14.1. The molecule has 2 amide bonds. The third kappa shape index (κ3) is 4.77. The van der Waals surface area contributed by atoms with E-state index in [0.717, 1.165) is 11.6 Å². The van der Waals surface area contributed by atoms with Crippen molar-refractivity contribution < 1.29 is 22.8 Å². The molecule has 0 radical (unpaired) electrons. The normalized spacial score (nSPS) is 18.2. The molecule has 3 rings (SSSR count). The number of benzene rings is 1. The lowest BCUT2D eigenvalue weighted by molar-refractivity contribution is -0.138. The Hall–Kier alpha value is -2.55. The molecule has 1 aromatic carbocycles. The van der Waals surface area contributed by atoms with Crippen LogP contribution in [0.5, 0.6) is 0 Å². The van der Waals surface area contributed by atoms with Gasteiger partial charge in [-0.1, -0.05) is 6.58 Å². The molecule has 0 saturated carbocycles. The molecule has 1 aromatic rings. The number of carbonyl (C=O) groups excluding carboxylic acids is 2. The molecule has 2 aliphatic heterocycles. The fraction of sp³-hybridized carbons (Fsp3) is 0.524. The van der Waals surface area contributed by atoms with Crippen LogP contribution in [0.3, 0.4) is 0 Å². The second-order valence-corrected chi connectivity index (χ2v) is 7.85. The first-order valence-electron chi connectivity index (χ1n) is 9.95. The average molecular weight is 424 g/mol. The van der Waals surface area contributed by atoms with Crippen molar-refractivity contribution in [2.45, 2.75) is 26.1 Å². The first-order valence-corrected chi connectivity index (χ1v) is 9.95. The van der Waals surface area contributed by atoms with Crippen molar-refractivity contribution >= 4 is 17.5 Å². The minimum Gasteiger partial charge on any atom is -0.376 e. The Balaban J connectivity index is 1.51. The number of hydrogen-bond acceptors (Lipinski definition) is 4. The molecule has 2 saturated heterocycles. The Morgan fingerprint density at radius 1 is 1.10 bits per heavy atom. The van der Waals surface area contributed by atoms with E-state index >= 15 is 0 Å². The van der Waals surface area contributed by atoms with Gasteiger partial charge in [-0.2, -0.15) is 13.2 Å². The Bertz CT molecular complexity index is 826. The molecule has 2 fully saturated rings. The number of piperazine rings is 1.